The number of aromatic nitrogens is 4. The number of halogens is 2. The van der Waals surface area contributed by atoms with Crippen LogP contribution in [0.1, 0.15) is 18.7 Å². The fraction of sp³-hybridized carbons (Fsp3) is 0.267. The molecular weight excluding hydrogens is 750 g/mol. The molecule has 5 aromatic rings. The first kappa shape index (κ1) is 32.6. The van der Waals surface area contributed by atoms with Gasteiger partial charge < -0.3 is 24.8 Å². The molecular formula is C30H29ClIN6O7P. The number of nitrogen functional groups attached to an aromatic ring is 1. The second-order valence-electron chi connectivity index (χ2n) is 10.5. The number of alkyl halides is 1. The molecule has 3 heterocycles. The van der Waals surface area contributed by atoms with Gasteiger partial charge >= 0.3 is 13.7 Å². The number of fused-ring (bicyclic) bond motifs is 2. The predicted octanol–water partition coefficient (Wildman–Crippen LogP) is 5.20. The molecule has 1 saturated heterocycles. The minimum Gasteiger partial charge on any atom is -0.460 e. The number of rotatable bonds is 11. The molecule has 0 aliphatic carbocycles. The summed E-state index contributed by atoms with van der Waals surface area (Å²) in [6.45, 7) is 1.17. The zero-order valence-electron chi connectivity index (χ0n) is 24.3. The molecule has 0 bridgehead atoms. The van der Waals surface area contributed by atoms with Crippen LogP contribution in [0.25, 0.3) is 21.9 Å². The van der Waals surface area contributed by atoms with Gasteiger partial charge in [0.05, 0.1) is 23.0 Å². The monoisotopic (exact) mass is 778 g/mol. The van der Waals surface area contributed by atoms with Crippen LogP contribution in [-0.2, 0) is 30.0 Å². The minimum atomic E-state index is -4.30. The van der Waals surface area contributed by atoms with E-state index >= 15 is 0 Å². The highest BCUT2D eigenvalue weighted by atomic mass is 127. The Bertz CT molecular complexity index is 1910. The summed E-state index contributed by atoms with van der Waals surface area (Å²) >= 11 is 8.08. The first-order valence-electron chi connectivity index (χ1n) is 14.2. The average molecular weight is 779 g/mol. The van der Waals surface area contributed by atoms with E-state index in [-0.39, 0.29) is 30.1 Å². The number of nitrogens with one attached hydrogen (secondary N) is 1. The van der Waals surface area contributed by atoms with Gasteiger partial charge in [0.25, 0.3) is 0 Å². The summed E-state index contributed by atoms with van der Waals surface area (Å²) < 4.78 is 39.0. The Labute approximate surface area is 282 Å². The molecule has 46 heavy (non-hydrogen) atoms. The van der Waals surface area contributed by atoms with Crippen molar-refractivity contribution in [3.05, 3.63) is 90.0 Å². The Morgan fingerprint density at radius 2 is 1.89 bits per heavy atom. The molecule has 2 aromatic heterocycles. The number of carbonyl (C=O) groups excluding carboxylic acids is 1. The molecule has 3 unspecified atom stereocenters. The van der Waals surface area contributed by atoms with Gasteiger partial charge in [0.2, 0.25) is 5.28 Å². The second-order valence-corrected chi connectivity index (χ2v) is 14.0. The van der Waals surface area contributed by atoms with E-state index in [9.17, 15) is 14.5 Å². The van der Waals surface area contributed by atoms with Gasteiger partial charge in [0, 0.05) is 5.39 Å². The van der Waals surface area contributed by atoms with Gasteiger partial charge in [-0.15, -0.1) is 0 Å². The summed E-state index contributed by atoms with van der Waals surface area (Å²) in [6, 6.07) is 20.8. The van der Waals surface area contributed by atoms with E-state index in [1.54, 1.807) is 16.7 Å². The summed E-state index contributed by atoms with van der Waals surface area (Å²) in [5, 5.41) is 15.3. The van der Waals surface area contributed by atoms with Crippen LogP contribution in [0.2, 0.25) is 5.28 Å². The molecule has 3 aromatic carbocycles. The van der Waals surface area contributed by atoms with Crippen LogP contribution in [0.15, 0.2) is 79.1 Å². The average Bonchev–Trinajstić information content (AvgIpc) is 3.59. The van der Waals surface area contributed by atoms with Crippen molar-refractivity contribution < 1.29 is 33.0 Å². The van der Waals surface area contributed by atoms with Crippen LogP contribution in [0.3, 0.4) is 0 Å². The van der Waals surface area contributed by atoms with Gasteiger partial charge in [-0.3, -0.25) is 13.9 Å². The molecule has 240 valence electrons. The summed E-state index contributed by atoms with van der Waals surface area (Å²) in [4.78, 5) is 25.3. The SMILES string of the molecule is C[C@H](NP(=O)(OC[C@H]1O[C@@H](n2cnc3c(N)nc(Cl)nc32)C(I)C1O)Oc1cccc2ccccc12)C(=O)OCc1ccccc1. The molecule has 6 rings (SSSR count). The van der Waals surface area contributed by atoms with Crippen molar-refractivity contribution in [3.8, 4) is 5.75 Å². The van der Waals surface area contributed by atoms with E-state index in [1.807, 2.05) is 60.7 Å². The summed E-state index contributed by atoms with van der Waals surface area (Å²) in [5.41, 5.74) is 7.41. The van der Waals surface area contributed by atoms with Crippen molar-refractivity contribution in [1.29, 1.82) is 0 Å². The van der Waals surface area contributed by atoms with Gasteiger partial charge in [0.1, 0.15) is 30.0 Å². The lowest BCUT2D eigenvalue weighted by Crippen LogP contribution is -2.36. The molecule has 0 radical (unpaired) electrons. The lowest BCUT2D eigenvalue weighted by Gasteiger charge is -2.25. The maximum absolute atomic E-state index is 14.4. The molecule has 13 nitrogen and oxygen atoms in total. The van der Waals surface area contributed by atoms with E-state index < -0.39 is 42.1 Å². The molecule has 6 atom stereocenters. The third-order valence-electron chi connectivity index (χ3n) is 7.30. The highest BCUT2D eigenvalue weighted by molar-refractivity contribution is 14.1. The molecule has 0 amide bonds. The first-order valence-corrected chi connectivity index (χ1v) is 17.3. The van der Waals surface area contributed by atoms with Crippen molar-refractivity contribution in [1.82, 2.24) is 24.6 Å². The smallest absolute Gasteiger partial charge is 0.459 e. The van der Waals surface area contributed by atoms with Crippen LogP contribution in [0, 0.1) is 0 Å². The summed E-state index contributed by atoms with van der Waals surface area (Å²) in [6.07, 6.45) is -1.29. The number of carbonyl (C=O) groups is 1. The third-order valence-corrected chi connectivity index (χ3v) is 10.4. The molecule has 16 heteroatoms. The number of hydrogen-bond acceptors (Lipinski definition) is 11. The maximum Gasteiger partial charge on any atom is 0.459 e. The number of aliphatic hydroxyl groups is 1. The van der Waals surface area contributed by atoms with E-state index in [0.717, 1.165) is 10.9 Å². The fourth-order valence-electron chi connectivity index (χ4n) is 4.97. The molecule has 0 spiro atoms. The maximum atomic E-state index is 14.4. The second kappa shape index (κ2) is 13.8. The van der Waals surface area contributed by atoms with Crippen molar-refractivity contribution in [2.45, 2.75) is 41.9 Å². The lowest BCUT2D eigenvalue weighted by molar-refractivity contribution is -0.146. The summed E-state index contributed by atoms with van der Waals surface area (Å²) in [5.74, 6) is -0.285. The highest BCUT2D eigenvalue weighted by Gasteiger charge is 2.45. The fourth-order valence-corrected chi connectivity index (χ4v) is 7.64. The van der Waals surface area contributed by atoms with Gasteiger partial charge in [0.15, 0.2) is 17.7 Å². The number of ether oxygens (including phenoxy) is 2. The van der Waals surface area contributed by atoms with Crippen molar-refractivity contribution in [3.63, 3.8) is 0 Å². The molecule has 0 saturated carbocycles. The Balaban J connectivity index is 1.21. The number of benzene rings is 3. The number of nitrogens with two attached hydrogens (primary N) is 1. The van der Waals surface area contributed by atoms with Crippen LogP contribution < -0.4 is 15.3 Å². The number of nitrogens with zero attached hydrogens (tertiary/aromatic N) is 4. The predicted molar refractivity (Wildman–Crippen MR) is 179 cm³/mol. The van der Waals surface area contributed by atoms with Crippen LogP contribution >= 0.6 is 41.9 Å². The molecule has 1 fully saturated rings. The van der Waals surface area contributed by atoms with E-state index in [1.165, 1.54) is 13.3 Å². The Kier molecular flexibility index (Phi) is 9.75. The molecule has 1 aliphatic rings. The third kappa shape index (κ3) is 6.98. The van der Waals surface area contributed by atoms with E-state index in [0.29, 0.717) is 16.6 Å². The quantitative estimate of drug-likeness (QED) is 0.0527. The van der Waals surface area contributed by atoms with E-state index in [2.05, 4.69) is 42.6 Å². The highest BCUT2D eigenvalue weighted by Crippen LogP contribution is 2.48. The number of hydrogen-bond donors (Lipinski definition) is 3. The summed E-state index contributed by atoms with van der Waals surface area (Å²) in [7, 11) is -4.30. The molecule has 1 aliphatic heterocycles. The van der Waals surface area contributed by atoms with Crippen molar-refractivity contribution in [2.75, 3.05) is 12.3 Å². The van der Waals surface area contributed by atoms with Gasteiger partial charge in [-0.25, -0.2) is 9.55 Å². The lowest BCUT2D eigenvalue weighted by atomic mass is 10.1. The van der Waals surface area contributed by atoms with Crippen molar-refractivity contribution >= 4 is 75.7 Å². The Hall–Kier alpha value is -3.37. The number of imidazole rings is 1. The number of aliphatic hydroxyl groups excluding tert-OH is 1. The number of anilines is 1. The Morgan fingerprint density at radius 3 is 2.70 bits per heavy atom. The van der Waals surface area contributed by atoms with Crippen LogP contribution in [0.4, 0.5) is 5.82 Å². The zero-order chi connectivity index (χ0) is 32.4. The van der Waals surface area contributed by atoms with Gasteiger partial charge in [-0.1, -0.05) is 89.3 Å². The molecule has 4 N–H and O–H groups in total. The van der Waals surface area contributed by atoms with Crippen LogP contribution in [-0.4, -0.2) is 59.4 Å². The zero-order valence-corrected chi connectivity index (χ0v) is 28.1. The standard InChI is InChI=1S/C30H29ClIN6O7P/c1-17(29(40)42-14-18-8-3-2-4-9-18)37-46(41,45-21-13-7-11-19-10-5-6-12-20(19)21)43-15-22-25(39)23(32)28(44-22)38-16-34-24-26(33)35-30(31)36-27(24)38/h2-13,16-17,22-23,25,28,39H,14-15H2,1H3,(H,37,41)(H2,33,35,36)/t17-,22+,23?,25?,28+,46?/m0/s1. The minimum absolute atomic E-state index is 0.0340. The first-order chi connectivity index (χ1) is 22.1. The van der Waals surface area contributed by atoms with Gasteiger partial charge in [-0.05, 0) is 35.5 Å². The Morgan fingerprint density at radius 1 is 1.15 bits per heavy atom. The van der Waals surface area contributed by atoms with Crippen LogP contribution in [0.5, 0.6) is 5.75 Å². The topological polar surface area (TPSA) is 173 Å². The number of esters is 1. The normalized spacial score (nSPS) is 21.7. The van der Waals surface area contributed by atoms with E-state index in [4.69, 9.17) is 35.9 Å². The van der Waals surface area contributed by atoms with Gasteiger partial charge in [-0.2, -0.15) is 15.1 Å². The largest absolute Gasteiger partial charge is 0.460 e. The van der Waals surface area contributed by atoms with Crippen molar-refractivity contribution in [2.24, 2.45) is 0 Å².